The number of ether oxygens (including phenoxy) is 2. The molecule has 0 aliphatic carbocycles. The van der Waals surface area contributed by atoms with Gasteiger partial charge < -0.3 is 9.47 Å². The molecule has 10 heteroatoms. The van der Waals surface area contributed by atoms with Gasteiger partial charge in [-0.05, 0) is 78.7 Å². The lowest BCUT2D eigenvalue weighted by Gasteiger charge is -2.20. The molecular weight excluding hydrogens is 610 g/mol. The molecule has 0 atom stereocenters. The number of aromatic nitrogens is 4. The topological polar surface area (TPSA) is 96.1 Å². The monoisotopic (exact) mass is 641 g/mol. The second kappa shape index (κ2) is 12.2. The fourth-order valence-electron chi connectivity index (χ4n) is 5.58. The van der Waals surface area contributed by atoms with Crippen LogP contribution in [0.15, 0.2) is 86.9 Å². The van der Waals surface area contributed by atoms with E-state index in [1.807, 2.05) is 117 Å². The van der Waals surface area contributed by atoms with Crippen LogP contribution in [0.3, 0.4) is 0 Å². The second-order valence-electron chi connectivity index (χ2n) is 10.1. The molecule has 0 aliphatic rings. The molecule has 0 spiro atoms. The maximum absolute atomic E-state index is 14.4. The van der Waals surface area contributed by atoms with Crippen LogP contribution in [0, 0.1) is 25.2 Å². The first-order chi connectivity index (χ1) is 20.7. The number of hydrogen-bond donors (Lipinski definition) is 0. The number of benzene rings is 3. The maximum atomic E-state index is 14.4. The van der Waals surface area contributed by atoms with E-state index < -0.39 is 5.92 Å². The first-order valence-electron chi connectivity index (χ1n) is 13.8. The molecule has 0 fully saturated rings. The fourth-order valence-corrected chi connectivity index (χ4v) is 6.16. The van der Waals surface area contributed by atoms with Gasteiger partial charge in [0.1, 0.15) is 6.07 Å². The molecule has 0 amide bonds. The Morgan fingerprint density at radius 2 is 1.30 bits per heavy atom. The van der Waals surface area contributed by atoms with Crippen molar-refractivity contribution in [2.45, 2.75) is 26.7 Å². The van der Waals surface area contributed by atoms with Crippen LogP contribution in [-0.2, 0) is 14.1 Å². The van der Waals surface area contributed by atoms with Gasteiger partial charge in [-0.2, -0.15) is 5.26 Å². The molecule has 0 N–H and O–H groups in total. The summed E-state index contributed by atoms with van der Waals surface area (Å²) in [5, 5.41) is 9.14. The highest BCUT2D eigenvalue weighted by molar-refractivity contribution is 9.10. The van der Waals surface area contributed by atoms with Crippen LogP contribution in [0.1, 0.15) is 40.9 Å². The Kier molecular flexibility index (Phi) is 8.46. The standard InChI is InChI=1S/C33H32BrN5O4/c1-6-42-27-20-23(19-26(34)31(27)43-18-17-35)30(28-21(2)36(4)38(32(28)40)24-13-9-7-10-14-24)29-22(3)37(5)39(33(29)41)25-15-11-8-12-16-25/h7-16,19-20,30H,6,18H2,1-5H3. The highest BCUT2D eigenvalue weighted by atomic mass is 79.9. The minimum absolute atomic E-state index is 0.166. The van der Waals surface area contributed by atoms with Crippen molar-refractivity contribution in [2.24, 2.45) is 14.1 Å². The lowest BCUT2D eigenvalue weighted by atomic mass is 9.85. The lowest BCUT2D eigenvalue weighted by molar-refractivity contribution is 0.297. The number of para-hydroxylation sites is 2. The van der Waals surface area contributed by atoms with Gasteiger partial charge in [-0.25, -0.2) is 9.36 Å². The van der Waals surface area contributed by atoms with Crippen molar-refractivity contribution in [2.75, 3.05) is 13.2 Å². The third-order valence-corrected chi connectivity index (χ3v) is 8.31. The van der Waals surface area contributed by atoms with Crippen molar-refractivity contribution < 1.29 is 9.47 Å². The van der Waals surface area contributed by atoms with E-state index in [0.717, 1.165) is 0 Å². The predicted octanol–water partition coefficient (Wildman–Crippen LogP) is 5.53. The van der Waals surface area contributed by atoms with Crippen molar-refractivity contribution in [3.63, 3.8) is 0 Å². The molecule has 220 valence electrons. The van der Waals surface area contributed by atoms with Gasteiger partial charge in [0.25, 0.3) is 11.1 Å². The summed E-state index contributed by atoms with van der Waals surface area (Å²) >= 11 is 3.61. The summed E-state index contributed by atoms with van der Waals surface area (Å²) in [4.78, 5) is 28.8. The van der Waals surface area contributed by atoms with E-state index in [-0.39, 0.29) is 17.7 Å². The van der Waals surface area contributed by atoms with E-state index in [1.54, 1.807) is 15.4 Å². The Morgan fingerprint density at radius 3 is 1.74 bits per heavy atom. The number of nitrogens with zero attached hydrogens (tertiary/aromatic N) is 5. The zero-order valence-electron chi connectivity index (χ0n) is 24.7. The van der Waals surface area contributed by atoms with Gasteiger partial charge in [-0.3, -0.25) is 19.0 Å². The molecule has 0 aliphatic heterocycles. The van der Waals surface area contributed by atoms with Crippen molar-refractivity contribution in [1.82, 2.24) is 18.7 Å². The summed E-state index contributed by atoms with van der Waals surface area (Å²) in [6.07, 6.45) is 0. The van der Waals surface area contributed by atoms with Crippen molar-refractivity contribution >= 4 is 15.9 Å². The van der Waals surface area contributed by atoms with Gasteiger partial charge in [-0.15, -0.1) is 0 Å². The van der Waals surface area contributed by atoms with E-state index in [9.17, 15) is 9.59 Å². The van der Waals surface area contributed by atoms with Crippen LogP contribution >= 0.6 is 15.9 Å². The molecule has 0 saturated heterocycles. The maximum Gasteiger partial charge on any atom is 0.275 e. The van der Waals surface area contributed by atoms with Crippen molar-refractivity contribution in [3.05, 3.63) is 126 Å². The molecule has 5 aromatic rings. The number of rotatable bonds is 9. The van der Waals surface area contributed by atoms with E-state index in [2.05, 4.69) is 15.9 Å². The van der Waals surface area contributed by atoms with Crippen LogP contribution in [0.25, 0.3) is 11.4 Å². The second-order valence-corrected chi connectivity index (χ2v) is 10.9. The molecule has 0 bridgehead atoms. The minimum atomic E-state index is -0.757. The first kappa shape index (κ1) is 29.7. The summed E-state index contributed by atoms with van der Waals surface area (Å²) in [6, 6.07) is 24.4. The zero-order valence-corrected chi connectivity index (χ0v) is 26.3. The average Bonchev–Trinajstić information content (AvgIpc) is 3.36. The smallest absolute Gasteiger partial charge is 0.275 e. The molecule has 0 radical (unpaired) electrons. The van der Waals surface area contributed by atoms with Gasteiger partial charge >= 0.3 is 0 Å². The predicted molar refractivity (Wildman–Crippen MR) is 169 cm³/mol. The zero-order chi connectivity index (χ0) is 30.8. The molecule has 5 rings (SSSR count). The average molecular weight is 643 g/mol. The largest absolute Gasteiger partial charge is 0.490 e. The molecule has 9 nitrogen and oxygen atoms in total. The number of halogens is 1. The van der Waals surface area contributed by atoms with Gasteiger partial charge in [0, 0.05) is 31.4 Å². The van der Waals surface area contributed by atoms with Crippen LogP contribution < -0.4 is 20.6 Å². The molecule has 0 saturated carbocycles. The Hall–Kier alpha value is -4.75. The number of hydrogen-bond acceptors (Lipinski definition) is 5. The molecule has 2 heterocycles. The lowest BCUT2D eigenvalue weighted by Crippen LogP contribution is -2.26. The Labute approximate surface area is 257 Å². The SMILES string of the molecule is CCOc1cc(C(c2c(C)n(C)n(-c3ccccc3)c2=O)c2c(C)n(C)n(-c3ccccc3)c2=O)cc(Br)c1OCC#N. The quantitative estimate of drug-likeness (QED) is 0.211. The molecule has 0 unspecified atom stereocenters. The van der Waals surface area contributed by atoms with Crippen LogP contribution in [0.2, 0.25) is 0 Å². The van der Waals surface area contributed by atoms with Gasteiger partial charge in [0.05, 0.1) is 33.6 Å². The van der Waals surface area contributed by atoms with Crippen LogP contribution in [-0.4, -0.2) is 31.9 Å². The number of nitriles is 1. The fraction of sp³-hybridized carbons (Fsp3) is 0.242. The third kappa shape index (κ3) is 5.21. The van der Waals surface area contributed by atoms with E-state index in [0.29, 0.717) is 62.0 Å². The van der Waals surface area contributed by atoms with Crippen LogP contribution in [0.5, 0.6) is 11.5 Å². The normalized spacial score (nSPS) is 11.1. The summed E-state index contributed by atoms with van der Waals surface area (Å²) in [5.41, 5.74) is 4.00. The van der Waals surface area contributed by atoms with Gasteiger partial charge in [0.15, 0.2) is 18.1 Å². The van der Waals surface area contributed by atoms with Gasteiger partial charge in [0.2, 0.25) is 0 Å². The van der Waals surface area contributed by atoms with E-state index in [1.165, 1.54) is 0 Å². The summed E-state index contributed by atoms with van der Waals surface area (Å²) in [7, 11) is 3.68. The Bertz CT molecular complexity index is 1840. The third-order valence-electron chi connectivity index (χ3n) is 7.72. The summed E-state index contributed by atoms with van der Waals surface area (Å²) in [6.45, 7) is 5.81. The highest BCUT2D eigenvalue weighted by Gasteiger charge is 2.34. The first-order valence-corrected chi connectivity index (χ1v) is 14.6. The van der Waals surface area contributed by atoms with Crippen LogP contribution in [0.4, 0.5) is 0 Å². The summed E-state index contributed by atoms with van der Waals surface area (Å²) in [5.74, 6) is 0.0257. The Balaban J connectivity index is 1.86. The molecule has 43 heavy (non-hydrogen) atoms. The Morgan fingerprint density at radius 1 is 0.814 bits per heavy atom. The van der Waals surface area contributed by atoms with Gasteiger partial charge in [-0.1, -0.05) is 36.4 Å². The van der Waals surface area contributed by atoms with Crippen molar-refractivity contribution in [3.8, 4) is 28.9 Å². The van der Waals surface area contributed by atoms with Crippen molar-refractivity contribution in [1.29, 1.82) is 5.26 Å². The minimum Gasteiger partial charge on any atom is -0.490 e. The molecule has 2 aromatic heterocycles. The molecular formula is C33H32BrN5O4. The highest BCUT2D eigenvalue weighted by Crippen LogP contribution is 2.42. The van der Waals surface area contributed by atoms with E-state index in [4.69, 9.17) is 14.7 Å². The summed E-state index contributed by atoms with van der Waals surface area (Å²) < 4.78 is 19.1. The van der Waals surface area contributed by atoms with E-state index >= 15 is 0 Å². The molecule has 3 aromatic carbocycles.